The highest BCUT2D eigenvalue weighted by Gasteiger charge is 2.34. The monoisotopic (exact) mass is 426 g/mol. The van der Waals surface area contributed by atoms with Gasteiger partial charge in [0.1, 0.15) is 5.84 Å². The van der Waals surface area contributed by atoms with E-state index < -0.39 is 0 Å². The van der Waals surface area contributed by atoms with E-state index in [2.05, 4.69) is 45.2 Å². The van der Waals surface area contributed by atoms with E-state index >= 15 is 0 Å². The minimum atomic E-state index is -0.0913. The van der Waals surface area contributed by atoms with Crippen molar-refractivity contribution < 1.29 is 4.74 Å². The lowest BCUT2D eigenvalue weighted by atomic mass is 9.87. The lowest BCUT2D eigenvalue weighted by Crippen LogP contribution is -2.52. The highest BCUT2D eigenvalue weighted by atomic mass is 16.5. The predicted molar refractivity (Wildman–Crippen MR) is 126 cm³/mol. The number of piperazine rings is 1. The summed E-state index contributed by atoms with van der Waals surface area (Å²) in [5.41, 5.74) is 2.56. The van der Waals surface area contributed by atoms with Crippen molar-refractivity contribution in [2.24, 2.45) is 20.9 Å². The van der Waals surface area contributed by atoms with Gasteiger partial charge < -0.3 is 10.1 Å². The second-order valence-corrected chi connectivity index (χ2v) is 9.94. The molecule has 1 atom stereocenters. The third-order valence-electron chi connectivity index (χ3n) is 7.83. The van der Waals surface area contributed by atoms with Gasteiger partial charge in [0, 0.05) is 63.3 Å². The Morgan fingerprint density at radius 3 is 2.45 bits per heavy atom. The fraction of sp³-hybridized carbons (Fsp3) is 0.792. The molecule has 7 nitrogen and oxygen atoms in total. The summed E-state index contributed by atoms with van der Waals surface area (Å²) in [6.45, 7) is 11.2. The molecule has 5 rings (SSSR count). The maximum absolute atomic E-state index is 5.57. The van der Waals surface area contributed by atoms with E-state index in [1.54, 1.807) is 6.34 Å². The molecule has 0 aromatic carbocycles. The first-order chi connectivity index (χ1) is 15.2. The summed E-state index contributed by atoms with van der Waals surface area (Å²) in [7, 11) is 0. The maximum Gasteiger partial charge on any atom is 0.170 e. The number of hydrogen-bond donors (Lipinski definition) is 1. The van der Waals surface area contributed by atoms with Crippen LogP contribution in [0.2, 0.25) is 0 Å². The van der Waals surface area contributed by atoms with Crippen LogP contribution in [-0.2, 0) is 4.74 Å². The molecule has 1 saturated carbocycles. The fourth-order valence-corrected chi connectivity index (χ4v) is 5.86. The first-order valence-corrected chi connectivity index (χ1v) is 12.4. The van der Waals surface area contributed by atoms with Gasteiger partial charge in [-0.3, -0.25) is 19.8 Å². The topological polar surface area (TPSA) is 64.8 Å². The molecule has 4 heterocycles. The summed E-state index contributed by atoms with van der Waals surface area (Å²) in [5.74, 6) is 1.55. The number of nitrogens with one attached hydrogen (secondary N) is 1. The van der Waals surface area contributed by atoms with E-state index in [9.17, 15) is 0 Å². The SMILES string of the molecule is CC(C)N1CCN(C2CCC(N=C3NC=NC4N=CC(C5CCOCC5)=C34)CC2)CC1. The summed E-state index contributed by atoms with van der Waals surface area (Å²) in [6, 6.07) is 1.82. The van der Waals surface area contributed by atoms with Crippen LogP contribution in [0.5, 0.6) is 0 Å². The van der Waals surface area contributed by atoms with Crippen LogP contribution in [0.3, 0.4) is 0 Å². The summed E-state index contributed by atoms with van der Waals surface area (Å²) in [5, 5.41) is 3.37. The van der Waals surface area contributed by atoms with Crippen LogP contribution in [0.4, 0.5) is 0 Å². The smallest absolute Gasteiger partial charge is 0.170 e. The quantitative estimate of drug-likeness (QED) is 0.750. The van der Waals surface area contributed by atoms with Gasteiger partial charge in [0.15, 0.2) is 6.17 Å². The minimum Gasteiger partial charge on any atom is -0.381 e. The van der Waals surface area contributed by atoms with Gasteiger partial charge in [-0.15, -0.1) is 0 Å². The van der Waals surface area contributed by atoms with E-state index in [-0.39, 0.29) is 6.17 Å². The molecule has 1 aliphatic carbocycles. The molecule has 0 bridgehead atoms. The maximum atomic E-state index is 5.57. The number of nitrogens with zero attached hydrogens (tertiary/aromatic N) is 5. The number of amidine groups is 1. The van der Waals surface area contributed by atoms with Crippen molar-refractivity contribution in [2.75, 3.05) is 39.4 Å². The average Bonchev–Trinajstić information content (AvgIpc) is 3.26. The van der Waals surface area contributed by atoms with Crippen molar-refractivity contribution in [3.05, 3.63) is 11.1 Å². The first-order valence-electron chi connectivity index (χ1n) is 12.4. The van der Waals surface area contributed by atoms with Gasteiger partial charge in [-0.05, 0) is 63.9 Å². The van der Waals surface area contributed by atoms with Crippen LogP contribution in [-0.4, -0.2) is 91.9 Å². The number of rotatable bonds is 4. The lowest BCUT2D eigenvalue weighted by Gasteiger charge is -2.42. The summed E-state index contributed by atoms with van der Waals surface area (Å²) >= 11 is 0. The van der Waals surface area contributed by atoms with Crippen LogP contribution in [0.1, 0.15) is 52.4 Å². The lowest BCUT2D eigenvalue weighted by molar-refractivity contribution is 0.0624. The van der Waals surface area contributed by atoms with E-state index in [1.165, 1.54) is 63.0 Å². The minimum absolute atomic E-state index is 0.0913. The normalized spacial score (nSPS) is 34.5. The Morgan fingerprint density at radius 1 is 1.00 bits per heavy atom. The Labute approximate surface area is 186 Å². The van der Waals surface area contributed by atoms with Crippen LogP contribution in [0.15, 0.2) is 26.1 Å². The van der Waals surface area contributed by atoms with Crippen LogP contribution < -0.4 is 5.32 Å². The van der Waals surface area contributed by atoms with Gasteiger partial charge in [-0.25, -0.2) is 4.99 Å². The van der Waals surface area contributed by atoms with Gasteiger partial charge in [-0.1, -0.05) is 0 Å². The Bertz CT molecular complexity index is 750. The molecule has 0 aromatic rings. The molecule has 7 heteroatoms. The van der Waals surface area contributed by atoms with Crippen LogP contribution >= 0.6 is 0 Å². The van der Waals surface area contributed by atoms with E-state index in [1.807, 2.05) is 0 Å². The Balaban J connectivity index is 1.22. The number of fused-ring (bicyclic) bond motifs is 1. The molecule has 2 saturated heterocycles. The van der Waals surface area contributed by atoms with E-state index in [4.69, 9.17) is 9.73 Å². The van der Waals surface area contributed by atoms with Gasteiger partial charge >= 0.3 is 0 Å². The van der Waals surface area contributed by atoms with Crippen molar-refractivity contribution in [1.29, 1.82) is 0 Å². The molecule has 3 fully saturated rings. The summed E-state index contributed by atoms with van der Waals surface area (Å²) in [4.78, 5) is 19.8. The predicted octanol–water partition coefficient (Wildman–Crippen LogP) is 2.49. The number of ether oxygens (including phenoxy) is 1. The van der Waals surface area contributed by atoms with Crippen molar-refractivity contribution >= 4 is 18.4 Å². The number of hydrogen-bond acceptors (Lipinski definition) is 6. The third-order valence-corrected chi connectivity index (χ3v) is 7.83. The molecule has 0 spiro atoms. The third kappa shape index (κ3) is 4.64. The molecule has 0 radical (unpaired) electrons. The molecule has 0 amide bonds. The first kappa shape index (κ1) is 21.3. The highest BCUT2D eigenvalue weighted by molar-refractivity contribution is 6.12. The molecule has 0 aromatic heterocycles. The zero-order valence-corrected chi connectivity index (χ0v) is 19.2. The zero-order valence-electron chi connectivity index (χ0n) is 19.2. The van der Waals surface area contributed by atoms with Crippen LogP contribution in [0, 0.1) is 5.92 Å². The average molecular weight is 427 g/mol. The van der Waals surface area contributed by atoms with Gasteiger partial charge in [-0.2, -0.15) is 0 Å². The molecule has 1 N–H and O–H groups in total. The van der Waals surface area contributed by atoms with Crippen molar-refractivity contribution in [1.82, 2.24) is 15.1 Å². The van der Waals surface area contributed by atoms with Crippen molar-refractivity contribution in [3.8, 4) is 0 Å². The largest absolute Gasteiger partial charge is 0.381 e. The van der Waals surface area contributed by atoms with Gasteiger partial charge in [0.25, 0.3) is 0 Å². The molecule has 1 unspecified atom stereocenters. The molecule has 5 aliphatic rings. The Morgan fingerprint density at radius 2 is 1.74 bits per heavy atom. The fourth-order valence-electron chi connectivity index (χ4n) is 5.86. The molecule has 170 valence electrons. The molecular weight excluding hydrogens is 388 g/mol. The van der Waals surface area contributed by atoms with Gasteiger partial charge in [0.05, 0.1) is 12.4 Å². The van der Waals surface area contributed by atoms with E-state index in [0.717, 1.165) is 37.9 Å². The second-order valence-electron chi connectivity index (χ2n) is 9.94. The van der Waals surface area contributed by atoms with Crippen molar-refractivity contribution in [2.45, 2.75) is 76.7 Å². The summed E-state index contributed by atoms with van der Waals surface area (Å²) < 4.78 is 5.57. The molecule has 31 heavy (non-hydrogen) atoms. The van der Waals surface area contributed by atoms with Crippen molar-refractivity contribution in [3.63, 3.8) is 0 Å². The Hall–Kier alpha value is -1.57. The zero-order chi connectivity index (χ0) is 21.2. The number of allylic oxidation sites excluding steroid dienone is 1. The molecule has 4 aliphatic heterocycles. The van der Waals surface area contributed by atoms with E-state index in [0.29, 0.717) is 18.0 Å². The highest BCUT2D eigenvalue weighted by Crippen LogP contribution is 2.33. The van der Waals surface area contributed by atoms with Gasteiger partial charge in [0.2, 0.25) is 0 Å². The second kappa shape index (κ2) is 9.51. The van der Waals surface area contributed by atoms with Crippen LogP contribution in [0.25, 0.3) is 0 Å². The summed E-state index contributed by atoms with van der Waals surface area (Å²) in [6.07, 6.45) is 10.8. The number of aliphatic imine (C=N–C) groups is 3. The molecular formula is C24H38N6O. The Kier molecular flexibility index (Phi) is 6.53. The standard InChI is InChI=1S/C24H38N6O/c1-17(2)29-9-11-30(12-10-29)20-5-3-19(4-6-20)28-24-22-21(18-7-13-31-14-8-18)15-25-23(22)26-16-27-24/h15-20,23H,3-14H2,1-2H3,(H,26,27,28).